The van der Waals surface area contributed by atoms with E-state index in [9.17, 15) is 4.79 Å². The third kappa shape index (κ3) is 2.06. The summed E-state index contributed by atoms with van der Waals surface area (Å²) in [5, 5.41) is 2.48. The van der Waals surface area contributed by atoms with Crippen LogP contribution in [0.4, 0.5) is 0 Å². The second kappa shape index (κ2) is 4.59. The van der Waals surface area contributed by atoms with E-state index in [1.165, 1.54) is 0 Å². The first-order valence-corrected chi connectivity index (χ1v) is 6.44. The van der Waals surface area contributed by atoms with Crippen molar-refractivity contribution < 1.29 is 0 Å². The smallest absolute Gasteiger partial charge is 0.195 e. The molecule has 0 aliphatic rings. The first-order chi connectivity index (χ1) is 9.19. The zero-order valence-corrected chi connectivity index (χ0v) is 11.1. The maximum absolute atomic E-state index is 12.6. The van der Waals surface area contributed by atoms with Crippen molar-refractivity contribution in [3.63, 3.8) is 0 Å². The lowest BCUT2D eigenvalue weighted by atomic mass is 10.1. The van der Waals surface area contributed by atoms with Crippen LogP contribution in [-0.2, 0) is 6.42 Å². The van der Waals surface area contributed by atoms with Gasteiger partial charge < -0.3 is 0 Å². The SMILES string of the molecule is CCc1cc2c(=O)c3cc(Cl)cnc3ccc2cn1. The molecule has 0 spiro atoms. The Morgan fingerprint density at radius 1 is 1.11 bits per heavy atom. The first-order valence-electron chi connectivity index (χ1n) is 6.06. The van der Waals surface area contributed by atoms with Crippen LogP contribution < -0.4 is 5.43 Å². The van der Waals surface area contributed by atoms with Gasteiger partial charge in [0.1, 0.15) is 0 Å². The van der Waals surface area contributed by atoms with Crippen molar-refractivity contribution in [3.8, 4) is 0 Å². The Hall–Kier alpha value is -2.00. The molecule has 1 aromatic carbocycles. The summed E-state index contributed by atoms with van der Waals surface area (Å²) in [6, 6.07) is 7.20. The number of aryl methyl sites for hydroxylation is 1. The second-order valence-electron chi connectivity index (χ2n) is 4.37. The summed E-state index contributed by atoms with van der Waals surface area (Å²) in [6.45, 7) is 2.01. The van der Waals surface area contributed by atoms with Crippen LogP contribution in [0.1, 0.15) is 12.6 Å². The number of halogens is 1. The van der Waals surface area contributed by atoms with Gasteiger partial charge in [-0.1, -0.05) is 24.6 Å². The van der Waals surface area contributed by atoms with Gasteiger partial charge in [-0.15, -0.1) is 0 Å². The summed E-state index contributed by atoms with van der Waals surface area (Å²) >= 11 is 5.93. The molecule has 0 fully saturated rings. The fourth-order valence-electron chi connectivity index (χ4n) is 2.11. The zero-order chi connectivity index (χ0) is 13.4. The van der Waals surface area contributed by atoms with E-state index in [0.29, 0.717) is 21.3 Å². The minimum absolute atomic E-state index is 0.0536. The molecule has 4 heteroatoms. The highest BCUT2D eigenvalue weighted by atomic mass is 35.5. The predicted molar refractivity (Wildman–Crippen MR) is 77.7 cm³/mol. The molecular weight excluding hydrogens is 260 g/mol. The molecule has 0 saturated carbocycles. The van der Waals surface area contributed by atoms with Crippen LogP contribution in [-0.4, -0.2) is 9.97 Å². The molecule has 0 amide bonds. The summed E-state index contributed by atoms with van der Waals surface area (Å²) in [5.74, 6) is 0. The van der Waals surface area contributed by atoms with Crippen molar-refractivity contribution in [3.05, 3.63) is 57.6 Å². The largest absolute Gasteiger partial charge is 0.289 e. The highest BCUT2D eigenvalue weighted by Crippen LogP contribution is 2.17. The van der Waals surface area contributed by atoms with Crippen molar-refractivity contribution >= 4 is 33.3 Å². The van der Waals surface area contributed by atoms with E-state index in [2.05, 4.69) is 9.97 Å². The van der Waals surface area contributed by atoms with Gasteiger partial charge in [0.25, 0.3) is 0 Å². The average molecular weight is 271 g/mol. The average Bonchev–Trinajstić information content (AvgIpc) is 2.57. The molecule has 0 atom stereocenters. The predicted octanol–water partition coefficient (Wildman–Crippen LogP) is 3.36. The summed E-state index contributed by atoms with van der Waals surface area (Å²) in [5.41, 5.74) is 1.49. The van der Waals surface area contributed by atoms with Crippen LogP contribution >= 0.6 is 11.6 Å². The molecule has 3 nitrogen and oxygen atoms in total. The van der Waals surface area contributed by atoms with E-state index < -0.39 is 0 Å². The Balaban J connectivity index is 2.55. The number of pyridine rings is 2. The molecule has 0 aliphatic carbocycles. The Kier molecular flexibility index (Phi) is 2.91. The Morgan fingerprint density at radius 2 is 1.95 bits per heavy atom. The third-order valence-electron chi connectivity index (χ3n) is 3.15. The number of hydrogen-bond donors (Lipinski definition) is 0. The number of aromatic nitrogens is 2. The molecule has 0 bridgehead atoms. The Labute approximate surface area is 114 Å². The van der Waals surface area contributed by atoms with Crippen LogP contribution in [0.15, 0.2) is 41.5 Å². The van der Waals surface area contributed by atoms with Gasteiger partial charge in [-0.2, -0.15) is 0 Å². The highest BCUT2D eigenvalue weighted by molar-refractivity contribution is 6.31. The summed E-state index contributed by atoms with van der Waals surface area (Å²) in [4.78, 5) is 21.1. The van der Waals surface area contributed by atoms with Gasteiger partial charge in [-0.05, 0) is 24.6 Å². The van der Waals surface area contributed by atoms with Gasteiger partial charge in [0.2, 0.25) is 0 Å². The van der Waals surface area contributed by atoms with E-state index in [0.717, 1.165) is 17.5 Å². The third-order valence-corrected chi connectivity index (χ3v) is 3.36. The normalized spacial score (nSPS) is 11.1. The van der Waals surface area contributed by atoms with Crippen LogP contribution in [0.25, 0.3) is 21.7 Å². The Bertz CT molecular complexity index is 846. The second-order valence-corrected chi connectivity index (χ2v) is 4.80. The van der Waals surface area contributed by atoms with Crippen molar-refractivity contribution in [2.24, 2.45) is 0 Å². The molecule has 3 rings (SSSR count). The molecule has 19 heavy (non-hydrogen) atoms. The van der Waals surface area contributed by atoms with Gasteiger partial charge in [0.05, 0.1) is 10.5 Å². The van der Waals surface area contributed by atoms with Crippen LogP contribution in [0.5, 0.6) is 0 Å². The highest BCUT2D eigenvalue weighted by Gasteiger charge is 2.05. The van der Waals surface area contributed by atoms with E-state index in [4.69, 9.17) is 11.6 Å². The lowest BCUT2D eigenvalue weighted by molar-refractivity contribution is 1.05. The van der Waals surface area contributed by atoms with Crippen molar-refractivity contribution in [1.29, 1.82) is 0 Å². The number of nitrogens with zero attached hydrogens (tertiary/aromatic N) is 2. The molecule has 0 N–H and O–H groups in total. The van der Waals surface area contributed by atoms with Crippen molar-refractivity contribution in [1.82, 2.24) is 9.97 Å². The van der Waals surface area contributed by atoms with E-state index in [-0.39, 0.29) is 5.43 Å². The van der Waals surface area contributed by atoms with Gasteiger partial charge >= 0.3 is 0 Å². The van der Waals surface area contributed by atoms with Crippen LogP contribution in [0, 0.1) is 0 Å². The molecule has 94 valence electrons. The monoisotopic (exact) mass is 270 g/mol. The lowest BCUT2D eigenvalue weighted by Gasteiger charge is -1.96. The fourth-order valence-corrected chi connectivity index (χ4v) is 2.27. The van der Waals surface area contributed by atoms with Crippen molar-refractivity contribution in [2.75, 3.05) is 0 Å². The fraction of sp³-hybridized carbons (Fsp3) is 0.133. The standard InChI is InChI=1S/C15H11ClN2O/c1-2-11-6-12-9(7-17-11)3-4-14-13(15(12)19)5-10(16)8-18-14/h3-8H,2H2,1H3. The molecule has 0 aliphatic heterocycles. The number of hydrogen-bond acceptors (Lipinski definition) is 3. The molecule has 3 aromatic rings. The van der Waals surface area contributed by atoms with E-state index >= 15 is 0 Å². The molecule has 0 saturated heterocycles. The zero-order valence-electron chi connectivity index (χ0n) is 10.4. The van der Waals surface area contributed by atoms with Gasteiger partial charge in [-0.3, -0.25) is 14.8 Å². The summed E-state index contributed by atoms with van der Waals surface area (Å²) in [6.07, 6.45) is 4.07. The van der Waals surface area contributed by atoms with Gasteiger partial charge in [0.15, 0.2) is 5.43 Å². The van der Waals surface area contributed by atoms with Crippen LogP contribution in [0.2, 0.25) is 5.02 Å². The molecule has 0 radical (unpaired) electrons. The summed E-state index contributed by atoms with van der Waals surface area (Å²) in [7, 11) is 0. The van der Waals surface area contributed by atoms with Gasteiger partial charge in [0, 0.05) is 34.2 Å². The topological polar surface area (TPSA) is 42.9 Å². The first kappa shape index (κ1) is 12.1. The lowest BCUT2D eigenvalue weighted by Crippen LogP contribution is -2.00. The number of rotatable bonds is 1. The van der Waals surface area contributed by atoms with E-state index in [1.54, 1.807) is 18.5 Å². The minimum atomic E-state index is -0.0536. The number of fused-ring (bicyclic) bond motifs is 2. The minimum Gasteiger partial charge on any atom is -0.289 e. The molecule has 2 aromatic heterocycles. The van der Waals surface area contributed by atoms with Crippen molar-refractivity contribution in [2.45, 2.75) is 13.3 Å². The van der Waals surface area contributed by atoms with Crippen LogP contribution in [0.3, 0.4) is 0 Å². The quantitative estimate of drug-likeness (QED) is 0.681. The Morgan fingerprint density at radius 3 is 2.74 bits per heavy atom. The maximum Gasteiger partial charge on any atom is 0.195 e. The van der Waals surface area contributed by atoms with E-state index in [1.807, 2.05) is 25.1 Å². The summed E-state index contributed by atoms with van der Waals surface area (Å²) < 4.78 is 0. The molecule has 0 unspecified atom stereocenters. The van der Waals surface area contributed by atoms with Gasteiger partial charge in [-0.25, -0.2) is 0 Å². The molecule has 2 heterocycles. The molecular formula is C15H11ClN2O. The maximum atomic E-state index is 12.6.